The van der Waals surface area contributed by atoms with Gasteiger partial charge in [-0.25, -0.2) is 4.79 Å². The second-order valence-corrected chi connectivity index (χ2v) is 5.00. The van der Waals surface area contributed by atoms with Crippen LogP contribution in [0.15, 0.2) is 60.7 Å². The second kappa shape index (κ2) is 6.75. The molecule has 0 fully saturated rings. The standard InChI is InChI=1S/C17H20N2O/c1-18(2)17(20)19(13-15-9-5-3-6-10-15)14-16-11-7-4-8-12-16/h3-12H,13-14H2,1-2H3. The lowest BCUT2D eigenvalue weighted by Crippen LogP contribution is -2.38. The fourth-order valence-corrected chi connectivity index (χ4v) is 2.08. The summed E-state index contributed by atoms with van der Waals surface area (Å²) in [7, 11) is 3.57. The summed E-state index contributed by atoms with van der Waals surface area (Å²) in [5.41, 5.74) is 2.28. The molecule has 0 atom stereocenters. The molecule has 0 aromatic heterocycles. The first-order valence-electron chi connectivity index (χ1n) is 6.71. The summed E-state index contributed by atoms with van der Waals surface area (Å²) in [6.07, 6.45) is 0. The molecule has 20 heavy (non-hydrogen) atoms. The van der Waals surface area contributed by atoms with Crippen molar-refractivity contribution < 1.29 is 4.79 Å². The third kappa shape index (κ3) is 3.85. The van der Waals surface area contributed by atoms with Crippen molar-refractivity contribution in [2.75, 3.05) is 14.1 Å². The van der Waals surface area contributed by atoms with Gasteiger partial charge in [0.15, 0.2) is 0 Å². The van der Waals surface area contributed by atoms with Crippen LogP contribution in [0.2, 0.25) is 0 Å². The van der Waals surface area contributed by atoms with Gasteiger partial charge in [0.1, 0.15) is 0 Å². The van der Waals surface area contributed by atoms with Crippen LogP contribution in [0.3, 0.4) is 0 Å². The second-order valence-electron chi connectivity index (χ2n) is 5.00. The van der Waals surface area contributed by atoms with Gasteiger partial charge in [0, 0.05) is 27.2 Å². The van der Waals surface area contributed by atoms with Gasteiger partial charge in [-0.15, -0.1) is 0 Å². The zero-order chi connectivity index (χ0) is 14.4. The fourth-order valence-electron chi connectivity index (χ4n) is 2.08. The molecule has 104 valence electrons. The van der Waals surface area contributed by atoms with E-state index in [4.69, 9.17) is 0 Å². The molecule has 0 radical (unpaired) electrons. The van der Waals surface area contributed by atoms with E-state index in [-0.39, 0.29) is 6.03 Å². The minimum Gasteiger partial charge on any atom is -0.331 e. The number of hydrogen-bond acceptors (Lipinski definition) is 1. The van der Waals surface area contributed by atoms with Crippen LogP contribution in [-0.4, -0.2) is 29.9 Å². The van der Waals surface area contributed by atoms with E-state index in [1.54, 1.807) is 19.0 Å². The van der Waals surface area contributed by atoms with Gasteiger partial charge in [-0.3, -0.25) is 0 Å². The zero-order valence-corrected chi connectivity index (χ0v) is 12.0. The molecule has 0 saturated heterocycles. The SMILES string of the molecule is CN(C)C(=O)N(Cc1ccccc1)Cc1ccccc1. The molecule has 0 aliphatic heterocycles. The predicted molar refractivity (Wildman–Crippen MR) is 81.2 cm³/mol. The molecular formula is C17H20N2O. The van der Waals surface area contributed by atoms with Gasteiger partial charge in [0.05, 0.1) is 0 Å². The molecule has 2 aromatic rings. The van der Waals surface area contributed by atoms with Crippen molar-refractivity contribution in [1.29, 1.82) is 0 Å². The van der Waals surface area contributed by atoms with Crippen LogP contribution in [0.5, 0.6) is 0 Å². The van der Waals surface area contributed by atoms with E-state index in [0.29, 0.717) is 13.1 Å². The first kappa shape index (κ1) is 14.1. The highest BCUT2D eigenvalue weighted by molar-refractivity contribution is 5.73. The highest BCUT2D eigenvalue weighted by Crippen LogP contribution is 2.11. The van der Waals surface area contributed by atoms with E-state index in [2.05, 4.69) is 0 Å². The van der Waals surface area contributed by atoms with Crippen molar-refractivity contribution in [3.8, 4) is 0 Å². The number of nitrogens with zero attached hydrogens (tertiary/aromatic N) is 2. The molecule has 0 aliphatic rings. The highest BCUT2D eigenvalue weighted by atomic mass is 16.2. The fraction of sp³-hybridized carbons (Fsp3) is 0.235. The maximum absolute atomic E-state index is 12.3. The van der Waals surface area contributed by atoms with Crippen molar-refractivity contribution >= 4 is 6.03 Å². The van der Waals surface area contributed by atoms with E-state index in [0.717, 1.165) is 11.1 Å². The molecule has 2 amide bonds. The van der Waals surface area contributed by atoms with E-state index in [9.17, 15) is 4.79 Å². The number of carbonyl (C=O) groups is 1. The summed E-state index contributed by atoms with van der Waals surface area (Å²) in [4.78, 5) is 15.8. The predicted octanol–water partition coefficient (Wildman–Crippen LogP) is 3.37. The Kier molecular flexibility index (Phi) is 4.77. The molecule has 3 heteroatoms. The van der Waals surface area contributed by atoms with Crippen molar-refractivity contribution in [2.24, 2.45) is 0 Å². The molecule has 0 N–H and O–H groups in total. The maximum Gasteiger partial charge on any atom is 0.320 e. The third-order valence-corrected chi connectivity index (χ3v) is 3.09. The molecule has 0 unspecified atom stereocenters. The summed E-state index contributed by atoms with van der Waals surface area (Å²) in [6, 6.07) is 20.2. The van der Waals surface area contributed by atoms with Crippen molar-refractivity contribution in [3.63, 3.8) is 0 Å². The van der Waals surface area contributed by atoms with Crippen LogP contribution < -0.4 is 0 Å². The van der Waals surface area contributed by atoms with Gasteiger partial charge in [-0.05, 0) is 11.1 Å². The van der Waals surface area contributed by atoms with Crippen LogP contribution in [0.1, 0.15) is 11.1 Å². The Morgan fingerprint density at radius 3 is 1.55 bits per heavy atom. The third-order valence-electron chi connectivity index (χ3n) is 3.09. The summed E-state index contributed by atoms with van der Waals surface area (Å²) in [5.74, 6) is 0. The van der Waals surface area contributed by atoms with Crippen LogP contribution in [0, 0.1) is 0 Å². The lowest BCUT2D eigenvalue weighted by molar-refractivity contribution is 0.165. The summed E-state index contributed by atoms with van der Waals surface area (Å²) in [6.45, 7) is 1.24. The Morgan fingerprint density at radius 1 is 0.800 bits per heavy atom. The van der Waals surface area contributed by atoms with Gasteiger partial charge in [-0.1, -0.05) is 60.7 Å². The van der Waals surface area contributed by atoms with Gasteiger partial charge in [0.25, 0.3) is 0 Å². The Balaban J connectivity index is 2.15. The molecule has 3 nitrogen and oxygen atoms in total. The molecule has 0 spiro atoms. The molecule has 2 rings (SSSR count). The number of rotatable bonds is 4. The quantitative estimate of drug-likeness (QED) is 0.834. The van der Waals surface area contributed by atoms with Gasteiger partial charge in [-0.2, -0.15) is 0 Å². The average Bonchev–Trinajstić information content (AvgIpc) is 2.48. The summed E-state index contributed by atoms with van der Waals surface area (Å²) < 4.78 is 0. The number of urea groups is 1. The lowest BCUT2D eigenvalue weighted by atomic mass is 10.2. The molecular weight excluding hydrogens is 248 g/mol. The minimum atomic E-state index is 0.0257. The Labute approximate surface area is 120 Å². The topological polar surface area (TPSA) is 23.6 Å². The Hall–Kier alpha value is -2.29. The van der Waals surface area contributed by atoms with Crippen LogP contribution >= 0.6 is 0 Å². The minimum absolute atomic E-state index is 0.0257. The average molecular weight is 268 g/mol. The lowest BCUT2D eigenvalue weighted by Gasteiger charge is -2.26. The van der Waals surface area contributed by atoms with Crippen LogP contribution in [0.25, 0.3) is 0 Å². The Morgan fingerprint density at radius 2 is 1.20 bits per heavy atom. The van der Waals surface area contributed by atoms with Crippen molar-refractivity contribution in [3.05, 3.63) is 71.8 Å². The molecule has 2 aromatic carbocycles. The van der Waals surface area contributed by atoms with Crippen LogP contribution in [0.4, 0.5) is 4.79 Å². The molecule has 0 heterocycles. The normalized spacial score (nSPS) is 10.1. The first-order chi connectivity index (χ1) is 9.66. The zero-order valence-electron chi connectivity index (χ0n) is 12.0. The van der Waals surface area contributed by atoms with E-state index in [1.165, 1.54) is 0 Å². The molecule has 0 saturated carbocycles. The molecule has 0 aliphatic carbocycles. The number of benzene rings is 2. The van der Waals surface area contributed by atoms with E-state index >= 15 is 0 Å². The first-order valence-corrected chi connectivity index (χ1v) is 6.71. The van der Waals surface area contributed by atoms with Crippen LogP contribution in [-0.2, 0) is 13.1 Å². The summed E-state index contributed by atoms with van der Waals surface area (Å²) >= 11 is 0. The number of carbonyl (C=O) groups excluding carboxylic acids is 1. The molecule has 0 bridgehead atoms. The largest absolute Gasteiger partial charge is 0.331 e. The maximum atomic E-state index is 12.3. The highest BCUT2D eigenvalue weighted by Gasteiger charge is 2.16. The van der Waals surface area contributed by atoms with E-state index < -0.39 is 0 Å². The van der Waals surface area contributed by atoms with Gasteiger partial charge >= 0.3 is 6.03 Å². The van der Waals surface area contributed by atoms with E-state index in [1.807, 2.05) is 65.6 Å². The summed E-state index contributed by atoms with van der Waals surface area (Å²) in [5, 5.41) is 0. The van der Waals surface area contributed by atoms with Gasteiger partial charge in [0.2, 0.25) is 0 Å². The smallest absolute Gasteiger partial charge is 0.320 e. The number of amides is 2. The number of hydrogen-bond donors (Lipinski definition) is 0. The monoisotopic (exact) mass is 268 g/mol. The van der Waals surface area contributed by atoms with Crippen molar-refractivity contribution in [1.82, 2.24) is 9.80 Å². The Bertz CT molecular complexity index is 496. The van der Waals surface area contributed by atoms with Crippen molar-refractivity contribution in [2.45, 2.75) is 13.1 Å². The van der Waals surface area contributed by atoms with Gasteiger partial charge < -0.3 is 9.80 Å².